The summed E-state index contributed by atoms with van der Waals surface area (Å²) in [6, 6.07) is 15.9. The van der Waals surface area contributed by atoms with Crippen molar-refractivity contribution in [2.75, 3.05) is 5.32 Å². The van der Waals surface area contributed by atoms with Crippen LogP contribution in [0.25, 0.3) is 38.6 Å². The SMILES string of the molecule is CC(C)c1nn(-c2ccc(C(N)=O)c(N[C@H]3CC[C@H](O)CC3)c2)c2cncc(-c3cnc4ccccc4c3)c12. The largest absolute Gasteiger partial charge is 0.393 e. The van der Waals surface area contributed by atoms with Crippen LogP contribution in [0.3, 0.4) is 0 Å². The quantitative estimate of drug-likeness (QED) is 0.269. The molecule has 0 atom stereocenters. The zero-order valence-corrected chi connectivity index (χ0v) is 22.1. The smallest absolute Gasteiger partial charge is 0.250 e. The molecule has 0 aliphatic heterocycles. The molecule has 1 saturated carbocycles. The number of anilines is 1. The Bertz CT molecular complexity index is 1680. The number of benzene rings is 2. The van der Waals surface area contributed by atoms with E-state index in [2.05, 4.69) is 41.3 Å². The van der Waals surface area contributed by atoms with Crippen LogP contribution >= 0.6 is 0 Å². The summed E-state index contributed by atoms with van der Waals surface area (Å²) in [6.07, 6.45) is 8.50. The average molecular weight is 521 g/mol. The minimum atomic E-state index is -0.485. The van der Waals surface area contributed by atoms with Gasteiger partial charge in [-0.1, -0.05) is 32.0 Å². The zero-order valence-electron chi connectivity index (χ0n) is 22.1. The Kier molecular flexibility index (Phi) is 6.48. The molecule has 5 aromatic rings. The number of aliphatic hydroxyl groups excluding tert-OH is 1. The van der Waals surface area contributed by atoms with E-state index >= 15 is 0 Å². The van der Waals surface area contributed by atoms with E-state index in [0.717, 1.165) is 70.0 Å². The second kappa shape index (κ2) is 10.1. The first-order valence-electron chi connectivity index (χ1n) is 13.5. The molecule has 2 aromatic carbocycles. The maximum Gasteiger partial charge on any atom is 0.250 e. The van der Waals surface area contributed by atoms with E-state index in [1.807, 2.05) is 53.6 Å². The third kappa shape index (κ3) is 4.72. The van der Waals surface area contributed by atoms with Gasteiger partial charge in [0.15, 0.2) is 0 Å². The second-order valence-corrected chi connectivity index (χ2v) is 10.7. The van der Waals surface area contributed by atoms with E-state index in [9.17, 15) is 9.90 Å². The van der Waals surface area contributed by atoms with Gasteiger partial charge in [-0.25, -0.2) is 4.68 Å². The third-order valence-electron chi connectivity index (χ3n) is 7.64. The summed E-state index contributed by atoms with van der Waals surface area (Å²) in [4.78, 5) is 21.5. The lowest BCUT2D eigenvalue weighted by Gasteiger charge is -2.27. The number of nitrogens with two attached hydrogens (primary N) is 1. The van der Waals surface area contributed by atoms with Gasteiger partial charge in [0.25, 0.3) is 5.91 Å². The Morgan fingerprint density at radius 1 is 1.05 bits per heavy atom. The van der Waals surface area contributed by atoms with Crippen molar-refractivity contribution in [2.45, 2.75) is 57.6 Å². The van der Waals surface area contributed by atoms with E-state index in [0.29, 0.717) is 11.3 Å². The Hall–Kier alpha value is -4.30. The molecule has 39 heavy (non-hydrogen) atoms. The first-order valence-corrected chi connectivity index (χ1v) is 13.5. The highest BCUT2D eigenvalue weighted by Gasteiger charge is 2.23. The predicted octanol–water partition coefficient (Wildman–Crippen LogP) is 5.57. The van der Waals surface area contributed by atoms with E-state index < -0.39 is 5.91 Å². The second-order valence-electron chi connectivity index (χ2n) is 10.7. The summed E-state index contributed by atoms with van der Waals surface area (Å²) < 4.78 is 1.90. The number of fused-ring (bicyclic) bond motifs is 2. The molecule has 8 nitrogen and oxygen atoms in total. The fraction of sp³-hybridized carbons (Fsp3) is 0.290. The number of primary amides is 1. The number of nitrogens with one attached hydrogen (secondary N) is 1. The molecule has 0 saturated heterocycles. The van der Waals surface area contributed by atoms with Gasteiger partial charge < -0.3 is 16.2 Å². The maximum atomic E-state index is 12.3. The minimum absolute atomic E-state index is 0.163. The molecule has 6 rings (SSSR count). The molecule has 1 amide bonds. The normalized spacial score (nSPS) is 17.6. The first-order chi connectivity index (χ1) is 18.9. The molecule has 1 aliphatic rings. The summed E-state index contributed by atoms with van der Waals surface area (Å²) in [5.41, 5.74) is 12.4. The molecule has 0 spiro atoms. The molecule has 8 heteroatoms. The summed E-state index contributed by atoms with van der Waals surface area (Å²) in [5, 5.41) is 20.6. The lowest BCUT2D eigenvalue weighted by molar-refractivity contribution is 0.100. The maximum absolute atomic E-state index is 12.3. The molecule has 0 unspecified atom stereocenters. The number of amides is 1. The van der Waals surface area contributed by atoms with Crippen LogP contribution in [-0.2, 0) is 0 Å². The Morgan fingerprint density at radius 3 is 2.62 bits per heavy atom. The van der Waals surface area contributed by atoms with Crippen LogP contribution in [0, 0.1) is 0 Å². The third-order valence-corrected chi connectivity index (χ3v) is 7.64. The molecular formula is C31H32N6O2. The number of pyridine rings is 2. The molecule has 0 bridgehead atoms. The van der Waals surface area contributed by atoms with Gasteiger partial charge in [0.2, 0.25) is 0 Å². The van der Waals surface area contributed by atoms with Crippen molar-refractivity contribution in [3.05, 3.63) is 78.4 Å². The lowest BCUT2D eigenvalue weighted by Crippen LogP contribution is -2.29. The molecule has 198 valence electrons. The van der Waals surface area contributed by atoms with Gasteiger partial charge in [0.1, 0.15) is 0 Å². The molecule has 4 N–H and O–H groups in total. The zero-order chi connectivity index (χ0) is 27.1. The highest BCUT2D eigenvalue weighted by molar-refractivity contribution is 6.00. The number of rotatable bonds is 6. The summed E-state index contributed by atoms with van der Waals surface area (Å²) >= 11 is 0. The van der Waals surface area contributed by atoms with E-state index in [1.165, 1.54) is 0 Å². The molecule has 3 aromatic heterocycles. The Balaban J connectivity index is 1.48. The number of para-hydroxylation sites is 1. The number of nitrogens with zero attached hydrogens (tertiary/aromatic N) is 4. The Morgan fingerprint density at radius 2 is 1.85 bits per heavy atom. The standard InChI is InChI=1S/C31H32N6O2/c1-18(2)30-29-25(20-13-19-5-3-4-6-26(19)34-15-20)16-33-17-28(29)37(36-30)22-9-12-24(31(32)39)27(14-22)35-21-7-10-23(38)11-8-21/h3-6,9,12-18,21,23,35,38H,7-8,10-11H2,1-2H3,(H2,32,39)/t21-,23-. The fourth-order valence-electron chi connectivity index (χ4n) is 5.57. The predicted molar refractivity (Wildman–Crippen MR) is 154 cm³/mol. The van der Waals surface area contributed by atoms with Crippen molar-refractivity contribution in [1.29, 1.82) is 0 Å². The lowest BCUT2D eigenvalue weighted by atomic mass is 9.92. The van der Waals surface area contributed by atoms with Gasteiger partial charge in [0.05, 0.1) is 40.3 Å². The number of hydrogen-bond acceptors (Lipinski definition) is 6. The molecule has 1 aliphatic carbocycles. The van der Waals surface area contributed by atoms with Gasteiger partial charge in [0, 0.05) is 46.0 Å². The van der Waals surface area contributed by atoms with Gasteiger partial charge >= 0.3 is 0 Å². The van der Waals surface area contributed by atoms with Crippen LogP contribution in [0.2, 0.25) is 0 Å². The van der Waals surface area contributed by atoms with Gasteiger partial charge in [-0.3, -0.25) is 14.8 Å². The van der Waals surface area contributed by atoms with Gasteiger partial charge in [-0.15, -0.1) is 0 Å². The number of hydrogen-bond donors (Lipinski definition) is 3. The van der Waals surface area contributed by atoms with Crippen molar-refractivity contribution >= 4 is 33.4 Å². The molecule has 3 heterocycles. The fourth-order valence-corrected chi connectivity index (χ4v) is 5.57. The topological polar surface area (TPSA) is 119 Å². The van der Waals surface area contributed by atoms with Crippen molar-refractivity contribution in [2.24, 2.45) is 5.73 Å². The number of aromatic nitrogens is 4. The monoisotopic (exact) mass is 520 g/mol. The van der Waals surface area contributed by atoms with Gasteiger partial charge in [-0.05, 0) is 61.9 Å². The highest BCUT2D eigenvalue weighted by Crippen LogP contribution is 2.36. The van der Waals surface area contributed by atoms with Crippen molar-refractivity contribution in [1.82, 2.24) is 19.7 Å². The van der Waals surface area contributed by atoms with Crippen LogP contribution in [0.5, 0.6) is 0 Å². The number of carbonyl (C=O) groups excluding carboxylic acids is 1. The minimum Gasteiger partial charge on any atom is -0.393 e. The first kappa shape index (κ1) is 25.0. The summed E-state index contributed by atoms with van der Waals surface area (Å²) in [6.45, 7) is 4.27. The van der Waals surface area contributed by atoms with Crippen molar-refractivity contribution < 1.29 is 9.90 Å². The van der Waals surface area contributed by atoms with E-state index in [1.54, 1.807) is 6.07 Å². The molecule has 0 radical (unpaired) electrons. The van der Waals surface area contributed by atoms with Crippen LogP contribution in [0.1, 0.15) is 61.5 Å². The number of aliphatic hydroxyl groups is 1. The number of carbonyl (C=O) groups is 1. The van der Waals surface area contributed by atoms with Crippen LogP contribution in [-0.4, -0.2) is 42.9 Å². The van der Waals surface area contributed by atoms with Gasteiger partial charge in [-0.2, -0.15) is 5.10 Å². The van der Waals surface area contributed by atoms with E-state index in [-0.39, 0.29) is 18.1 Å². The average Bonchev–Trinajstić information content (AvgIpc) is 3.34. The van der Waals surface area contributed by atoms with Crippen LogP contribution < -0.4 is 11.1 Å². The highest BCUT2D eigenvalue weighted by atomic mass is 16.3. The summed E-state index contributed by atoms with van der Waals surface area (Å²) in [7, 11) is 0. The summed E-state index contributed by atoms with van der Waals surface area (Å²) in [5.74, 6) is -0.319. The molecular weight excluding hydrogens is 488 g/mol. The van der Waals surface area contributed by atoms with Crippen molar-refractivity contribution in [3.8, 4) is 16.8 Å². The Labute approximate surface area is 226 Å². The molecule has 1 fully saturated rings. The van der Waals surface area contributed by atoms with Crippen molar-refractivity contribution in [3.63, 3.8) is 0 Å². The van der Waals surface area contributed by atoms with E-state index in [4.69, 9.17) is 10.8 Å². The van der Waals surface area contributed by atoms with Crippen LogP contribution in [0.15, 0.2) is 67.1 Å². The van der Waals surface area contributed by atoms with Crippen LogP contribution in [0.4, 0.5) is 5.69 Å².